The van der Waals surface area contributed by atoms with Gasteiger partial charge in [0.25, 0.3) is 0 Å². The Balaban J connectivity index is 1.84. The van der Waals surface area contributed by atoms with E-state index < -0.39 is 0 Å². The molecule has 116 valence electrons. The third-order valence-electron chi connectivity index (χ3n) is 4.44. The molecule has 0 saturated carbocycles. The normalized spacial score (nSPS) is 16.2. The molecule has 1 aromatic heterocycles. The average Bonchev–Trinajstić information content (AvgIpc) is 2.85. The van der Waals surface area contributed by atoms with E-state index in [-0.39, 0.29) is 12.5 Å². The van der Waals surface area contributed by atoms with Crippen LogP contribution in [0.25, 0.3) is 10.9 Å². The van der Waals surface area contributed by atoms with Crippen molar-refractivity contribution in [2.24, 2.45) is 5.92 Å². The monoisotopic (exact) mass is 318 g/mol. The van der Waals surface area contributed by atoms with Crippen LogP contribution < -0.4 is 0 Å². The fourth-order valence-corrected chi connectivity index (χ4v) is 3.20. The first-order valence-electron chi connectivity index (χ1n) is 7.60. The van der Waals surface area contributed by atoms with Crippen molar-refractivity contribution in [3.05, 3.63) is 35.0 Å². The molecule has 0 aliphatic carbocycles. The topological polar surface area (TPSA) is 42.3 Å². The van der Waals surface area contributed by atoms with Crippen molar-refractivity contribution in [1.29, 1.82) is 0 Å². The number of carbonyl (C=O) groups excluding carboxylic acids is 2. The van der Waals surface area contributed by atoms with E-state index in [1.165, 1.54) is 0 Å². The van der Waals surface area contributed by atoms with Gasteiger partial charge in [-0.15, -0.1) is 0 Å². The molecule has 3 rings (SSSR count). The predicted molar refractivity (Wildman–Crippen MR) is 87.3 cm³/mol. The number of fused-ring (bicyclic) bond motifs is 1. The zero-order chi connectivity index (χ0) is 15.7. The summed E-state index contributed by atoms with van der Waals surface area (Å²) in [6.07, 6.45) is 4.67. The minimum atomic E-state index is 0.108. The van der Waals surface area contributed by atoms with Gasteiger partial charge in [0.2, 0.25) is 5.91 Å². The van der Waals surface area contributed by atoms with E-state index in [0.29, 0.717) is 16.5 Å². The van der Waals surface area contributed by atoms with Gasteiger partial charge in [-0.05, 0) is 37.0 Å². The number of hydrogen-bond donors (Lipinski definition) is 0. The van der Waals surface area contributed by atoms with E-state index in [1.54, 1.807) is 18.3 Å². The zero-order valence-corrected chi connectivity index (χ0v) is 13.3. The number of hydrogen-bond acceptors (Lipinski definition) is 2. The van der Waals surface area contributed by atoms with Crippen molar-refractivity contribution in [1.82, 2.24) is 9.47 Å². The average molecular weight is 319 g/mol. The summed E-state index contributed by atoms with van der Waals surface area (Å²) in [4.78, 5) is 25.6. The van der Waals surface area contributed by atoms with Crippen LogP contribution in [0.15, 0.2) is 24.4 Å². The van der Waals surface area contributed by atoms with Gasteiger partial charge in [-0.25, -0.2) is 0 Å². The van der Waals surface area contributed by atoms with Gasteiger partial charge in [0.15, 0.2) is 6.29 Å². The summed E-state index contributed by atoms with van der Waals surface area (Å²) in [6.45, 7) is 4.14. The summed E-state index contributed by atoms with van der Waals surface area (Å²) in [5.41, 5.74) is 1.43. The Labute approximate surface area is 134 Å². The largest absolute Gasteiger partial charge is 0.341 e. The third kappa shape index (κ3) is 2.88. The molecule has 0 radical (unpaired) electrons. The Hall–Kier alpha value is -1.81. The van der Waals surface area contributed by atoms with Crippen molar-refractivity contribution in [2.45, 2.75) is 26.3 Å². The molecule has 0 unspecified atom stereocenters. The van der Waals surface area contributed by atoms with Gasteiger partial charge >= 0.3 is 0 Å². The Kier molecular flexibility index (Phi) is 4.21. The van der Waals surface area contributed by atoms with Crippen molar-refractivity contribution < 1.29 is 9.59 Å². The lowest BCUT2D eigenvalue weighted by Crippen LogP contribution is -2.39. The smallest absolute Gasteiger partial charge is 0.242 e. The van der Waals surface area contributed by atoms with Gasteiger partial charge < -0.3 is 9.47 Å². The molecular weight excluding hydrogens is 300 g/mol. The molecule has 2 heterocycles. The van der Waals surface area contributed by atoms with E-state index in [0.717, 1.165) is 43.1 Å². The Morgan fingerprint density at radius 2 is 2.09 bits per heavy atom. The van der Waals surface area contributed by atoms with Crippen LogP contribution >= 0.6 is 11.6 Å². The number of likely N-dealkylation sites (tertiary alicyclic amines) is 1. The summed E-state index contributed by atoms with van der Waals surface area (Å²) < 4.78 is 1.84. The van der Waals surface area contributed by atoms with E-state index in [2.05, 4.69) is 6.92 Å². The Morgan fingerprint density at radius 3 is 2.77 bits per heavy atom. The molecule has 1 amide bonds. The predicted octanol–water partition coefficient (Wildman–Crippen LogP) is 3.37. The summed E-state index contributed by atoms with van der Waals surface area (Å²) in [5, 5.41) is 1.38. The molecule has 4 nitrogen and oxygen atoms in total. The highest BCUT2D eigenvalue weighted by Crippen LogP contribution is 2.24. The maximum absolute atomic E-state index is 12.5. The van der Waals surface area contributed by atoms with Gasteiger partial charge in [0.1, 0.15) is 6.54 Å². The van der Waals surface area contributed by atoms with Crippen LogP contribution in [-0.4, -0.2) is 34.7 Å². The number of benzene rings is 1. The number of nitrogens with zero attached hydrogens (tertiary/aromatic N) is 2. The van der Waals surface area contributed by atoms with Gasteiger partial charge in [0, 0.05) is 40.8 Å². The standard InChI is InChI=1S/C17H19ClN2O2/c1-12-4-6-19(7-5-12)17(22)10-20-9-13(11-21)15-8-14(18)2-3-16(15)20/h2-3,8-9,11-12H,4-7,10H2,1H3. The molecular formula is C17H19ClN2O2. The van der Waals surface area contributed by atoms with E-state index in [1.807, 2.05) is 15.5 Å². The molecule has 0 N–H and O–H groups in total. The number of amides is 1. The lowest BCUT2D eigenvalue weighted by atomic mass is 9.99. The summed E-state index contributed by atoms with van der Waals surface area (Å²) in [6, 6.07) is 5.41. The van der Waals surface area contributed by atoms with Gasteiger partial charge in [-0.3, -0.25) is 9.59 Å². The molecule has 1 aliphatic heterocycles. The fraction of sp³-hybridized carbons (Fsp3) is 0.412. The highest BCUT2D eigenvalue weighted by atomic mass is 35.5. The van der Waals surface area contributed by atoms with Crippen molar-refractivity contribution in [3.8, 4) is 0 Å². The second-order valence-electron chi connectivity index (χ2n) is 6.05. The number of carbonyl (C=O) groups is 2. The molecule has 1 aromatic carbocycles. The summed E-state index contributed by atoms with van der Waals surface area (Å²) >= 11 is 6.00. The van der Waals surface area contributed by atoms with Crippen LogP contribution in [0.4, 0.5) is 0 Å². The summed E-state index contributed by atoms with van der Waals surface area (Å²) in [5.74, 6) is 0.802. The number of rotatable bonds is 3. The first-order valence-corrected chi connectivity index (χ1v) is 7.97. The molecule has 1 fully saturated rings. The molecule has 22 heavy (non-hydrogen) atoms. The van der Waals surface area contributed by atoms with E-state index in [4.69, 9.17) is 11.6 Å². The molecule has 0 bridgehead atoms. The quantitative estimate of drug-likeness (QED) is 0.814. The molecule has 0 atom stereocenters. The van der Waals surface area contributed by atoms with Crippen molar-refractivity contribution in [2.75, 3.05) is 13.1 Å². The second kappa shape index (κ2) is 6.13. The second-order valence-corrected chi connectivity index (χ2v) is 6.49. The summed E-state index contributed by atoms with van der Waals surface area (Å²) in [7, 11) is 0. The van der Waals surface area contributed by atoms with Crippen molar-refractivity contribution >= 4 is 34.7 Å². The van der Waals surface area contributed by atoms with Crippen LogP contribution in [0.2, 0.25) is 5.02 Å². The molecule has 2 aromatic rings. The lowest BCUT2D eigenvalue weighted by molar-refractivity contribution is -0.133. The Morgan fingerprint density at radius 1 is 1.36 bits per heavy atom. The zero-order valence-electron chi connectivity index (χ0n) is 12.6. The molecule has 5 heteroatoms. The van der Waals surface area contributed by atoms with E-state index in [9.17, 15) is 9.59 Å². The maximum atomic E-state index is 12.5. The lowest BCUT2D eigenvalue weighted by Gasteiger charge is -2.30. The maximum Gasteiger partial charge on any atom is 0.242 e. The molecule has 0 spiro atoms. The minimum absolute atomic E-state index is 0.108. The number of halogens is 1. The van der Waals surface area contributed by atoms with Gasteiger partial charge in [0.05, 0.1) is 0 Å². The number of aromatic nitrogens is 1. The van der Waals surface area contributed by atoms with Crippen LogP contribution in [0.1, 0.15) is 30.1 Å². The highest BCUT2D eigenvalue weighted by molar-refractivity contribution is 6.31. The van der Waals surface area contributed by atoms with Gasteiger partial charge in [-0.1, -0.05) is 18.5 Å². The number of piperidine rings is 1. The number of aldehydes is 1. The first-order chi connectivity index (χ1) is 10.6. The minimum Gasteiger partial charge on any atom is -0.341 e. The first kappa shape index (κ1) is 15.1. The van der Waals surface area contributed by atoms with Crippen molar-refractivity contribution in [3.63, 3.8) is 0 Å². The van der Waals surface area contributed by atoms with Gasteiger partial charge in [-0.2, -0.15) is 0 Å². The van der Waals surface area contributed by atoms with Crippen LogP contribution in [-0.2, 0) is 11.3 Å². The van der Waals surface area contributed by atoms with Crippen LogP contribution in [0, 0.1) is 5.92 Å². The molecule has 1 aliphatic rings. The highest BCUT2D eigenvalue weighted by Gasteiger charge is 2.21. The van der Waals surface area contributed by atoms with Crippen LogP contribution in [0.5, 0.6) is 0 Å². The Bertz CT molecular complexity index is 715. The molecule has 1 saturated heterocycles. The third-order valence-corrected chi connectivity index (χ3v) is 4.68. The SMILES string of the molecule is CC1CCN(C(=O)Cn2cc(C=O)c3cc(Cl)ccc32)CC1. The van der Waals surface area contributed by atoms with E-state index >= 15 is 0 Å². The fourth-order valence-electron chi connectivity index (χ4n) is 3.03. The van der Waals surface area contributed by atoms with Crippen LogP contribution in [0.3, 0.4) is 0 Å².